The normalized spacial score (nSPS) is 19.7. The van der Waals surface area contributed by atoms with E-state index in [0.29, 0.717) is 24.8 Å². The maximum absolute atomic E-state index is 13.1. The van der Waals surface area contributed by atoms with E-state index in [1.807, 2.05) is 27.8 Å². The minimum absolute atomic E-state index is 0.0976. The Morgan fingerprint density at radius 1 is 1.37 bits per heavy atom. The van der Waals surface area contributed by atoms with Gasteiger partial charge in [-0.1, -0.05) is 6.08 Å². The van der Waals surface area contributed by atoms with E-state index >= 15 is 0 Å². The van der Waals surface area contributed by atoms with E-state index in [-0.39, 0.29) is 5.91 Å². The fourth-order valence-electron chi connectivity index (χ4n) is 4.21. The number of rotatable bonds is 6. The van der Waals surface area contributed by atoms with Gasteiger partial charge in [-0.15, -0.1) is 6.58 Å². The van der Waals surface area contributed by atoms with E-state index in [0.717, 1.165) is 56.5 Å². The van der Waals surface area contributed by atoms with Crippen molar-refractivity contribution < 1.29 is 9.21 Å². The molecule has 1 fully saturated rings. The van der Waals surface area contributed by atoms with Crippen molar-refractivity contribution in [2.24, 2.45) is 0 Å². The lowest BCUT2D eigenvalue weighted by molar-refractivity contribution is 0.0716. The van der Waals surface area contributed by atoms with Crippen LogP contribution < -0.4 is 5.32 Å². The predicted molar refractivity (Wildman–Crippen MR) is 104 cm³/mol. The maximum atomic E-state index is 13.1. The number of likely N-dealkylation sites (tertiary alicyclic amines) is 1. The van der Waals surface area contributed by atoms with E-state index < -0.39 is 0 Å². The number of amides is 1. The van der Waals surface area contributed by atoms with Gasteiger partial charge in [0, 0.05) is 30.4 Å². The van der Waals surface area contributed by atoms with Crippen LogP contribution in [0.3, 0.4) is 0 Å². The van der Waals surface area contributed by atoms with Gasteiger partial charge in [-0.3, -0.25) is 9.48 Å². The molecule has 27 heavy (non-hydrogen) atoms. The quantitative estimate of drug-likeness (QED) is 0.797. The molecule has 2 aromatic rings. The van der Waals surface area contributed by atoms with Crippen molar-refractivity contribution in [2.45, 2.75) is 57.7 Å². The molecule has 0 spiro atoms. The molecule has 144 valence electrons. The first-order chi connectivity index (χ1) is 13.3. The third-order valence-corrected chi connectivity index (χ3v) is 5.64. The average molecular weight is 368 g/mol. The molecule has 0 unspecified atom stereocenters. The van der Waals surface area contributed by atoms with Gasteiger partial charge in [0.15, 0.2) is 5.69 Å². The van der Waals surface area contributed by atoms with Gasteiger partial charge < -0.3 is 14.6 Å². The molecule has 0 bridgehead atoms. The van der Waals surface area contributed by atoms with Crippen molar-refractivity contribution in [1.82, 2.24) is 20.0 Å². The first-order valence-electron chi connectivity index (χ1n) is 10.0. The number of fused-ring (bicyclic) bond motifs is 1. The van der Waals surface area contributed by atoms with Crippen molar-refractivity contribution in [2.75, 3.05) is 13.1 Å². The molecule has 0 saturated carbocycles. The number of nitrogens with one attached hydrogen (secondary N) is 1. The molecule has 1 atom stereocenters. The summed E-state index contributed by atoms with van der Waals surface area (Å²) >= 11 is 0. The van der Waals surface area contributed by atoms with Gasteiger partial charge >= 0.3 is 0 Å². The second kappa shape index (κ2) is 8.13. The summed E-state index contributed by atoms with van der Waals surface area (Å²) in [6.07, 6.45) is 9.75. The maximum Gasteiger partial charge on any atom is 0.274 e. The Morgan fingerprint density at radius 3 is 2.96 bits per heavy atom. The third-order valence-electron chi connectivity index (χ3n) is 5.64. The Hall–Kier alpha value is -2.34. The number of carbonyl (C=O) groups excluding carboxylic acids is 1. The zero-order chi connectivity index (χ0) is 18.6. The van der Waals surface area contributed by atoms with E-state index in [4.69, 9.17) is 9.52 Å². The minimum atomic E-state index is 0.0976. The van der Waals surface area contributed by atoms with Gasteiger partial charge in [-0.2, -0.15) is 5.10 Å². The molecule has 1 saturated heterocycles. The number of piperidine rings is 1. The van der Waals surface area contributed by atoms with Crippen molar-refractivity contribution in [1.29, 1.82) is 0 Å². The number of allylic oxidation sites excluding steroid dienone is 1. The lowest BCUT2D eigenvalue weighted by atomic mass is 9.91. The number of hydrogen-bond acceptors (Lipinski definition) is 4. The van der Waals surface area contributed by atoms with Gasteiger partial charge in [-0.05, 0) is 50.7 Å². The molecule has 2 aromatic heterocycles. The number of hydrogen-bond donors (Lipinski definition) is 1. The van der Waals surface area contributed by atoms with E-state index in [1.165, 1.54) is 12.1 Å². The van der Waals surface area contributed by atoms with Gasteiger partial charge in [0.1, 0.15) is 5.76 Å². The largest absolute Gasteiger partial charge is 0.468 e. The van der Waals surface area contributed by atoms with Crippen LogP contribution in [0.2, 0.25) is 0 Å². The highest BCUT2D eigenvalue weighted by molar-refractivity contribution is 5.94. The molecule has 0 radical (unpaired) electrons. The van der Waals surface area contributed by atoms with Crippen molar-refractivity contribution >= 4 is 5.91 Å². The van der Waals surface area contributed by atoms with Crippen LogP contribution in [-0.2, 0) is 25.9 Å². The second-order valence-corrected chi connectivity index (χ2v) is 7.50. The summed E-state index contributed by atoms with van der Waals surface area (Å²) in [5.74, 6) is 1.04. The summed E-state index contributed by atoms with van der Waals surface area (Å²) in [5.41, 5.74) is 2.97. The van der Waals surface area contributed by atoms with Crippen LogP contribution in [-0.4, -0.2) is 39.7 Å². The summed E-state index contributed by atoms with van der Waals surface area (Å²) in [6, 6.07) is 4.22. The fourth-order valence-corrected chi connectivity index (χ4v) is 4.21. The van der Waals surface area contributed by atoms with Crippen molar-refractivity contribution in [3.8, 4) is 0 Å². The van der Waals surface area contributed by atoms with Crippen LogP contribution in [0.5, 0.6) is 0 Å². The number of carbonyl (C=O) groups is 1. The lowest BCUT2D eigenvalue weighted by Crippen LogP contribution is -2.38. The molecule has 3 heterocycles. The monoisotopic (exact) mass is 368 g/mol. The van der Waals surface area contributed by atoms with Crippen LogP contribution in [0, 0.1) is 0 Å². The predicted octanol–water partition coefficient (Wildman–Crippen LogP) is 2.94. The highest BCUT2D eigenvalue weighted by Gasteiger charge is 2.31. The van der Waals surface area contributed by atoms with E-state index in [2.05, 4.69) is 11.9 Å². The molecule has 1 aliphatic heterocycles. The van der Waals surface area contributed by atoms with Crippen LogP contribution in [0.1, 0.15) is 53.2 Å². The Balaban J connectivity index is 1.53. The Bertz CT molecular complexity index is 787. The van der Waals surface area contributed by atoms with Gasteiger partial charge in [0.2, 0.25) is 0 Å². The average Bonchev–Trinajstić information content (AvgIpc) is 3.35. The number of aromatic nitrogens is 2. The Morgan fingerprint density at radius 2 is 2.22 bits per heavy atom. The van der Waals surface area contributed by atoms with E-state index in [1.54, 1.807) is 6.26 Å². The molecule has 6 heteroatoms. The summed E-state index contributed by atoms with van der Waals surface area (Å²) in [4.78, 5) is 15.1. The van der Waals surface area contributed by atoms with Crippen LogP contribution >= 0.6 is 0 Å². The van der Waals surface area contributed by atoms with Crippen LogP contribution in [0.25, 0.3) is 0 Å². The lowest BCUT2D eigenvalue weighted by Gasteiger charge is -2.27. The Labute approximate surface area is 160 Å². The first-order valence-corrected chi connectivity index (χ1v) is 10.0. The molecular weight excluding hydrogens is 340 g/mol. The fraction of sp³-hybridized carbons (Fsp3) is 0.524. The van der Waals surface area contributed by atoms with Crippen LogP contribution in [0.4, 0.5) is 0 Å². The summed E-state index contributed by atoms with van der Waals surface area (Å²) < 4.78 is 7.40. The SMILES string of the molecule is C=CCn1nc(C(=O)N2CCCCC2)c2c1CC[C@@H](NCc1ccco1)C2. The minimum Gasteiger partial charge on any atom is -0.468 e. The first kappa shape index (κ1) is 18.0. The molecule has 1 amide bonds. The standard InChI is InChI=1S/C21H28N4O2/c1-2-10-25-19-9-8-16(22-15-17-7-6-13-27-17)14-18(19)20(23-25)21(26)24-11-4-3-5-12-24/h2,6-7,13,16,22H,1,3-5,8-12,14-15H2/t16-/m1/s1. The molecule has 4 rings (SSSR count). The zero-order valence-corrected chi connectivity index (χ0v) is 15.8. The van der Waals surface area contributed by atoms with Crippen molar-refractivity contribution in [3.05, 3.63) is 53.8 Å². The van der Waals surface area contributed by atoms with E-state index in [9.17, 15) is 4.79 Å². The highest BCUT2D eigenvalue weighted by Crippen LogP contribution is 2.27. The molecule has 0 aromatic carbocycles. The summed E-state index contributed by atoms with van der Waals surface area (Å²) in [5, 5.41) is 8.29. The smallest absolute Gasteiger partial charge is 0.274 e. The summed E-state index contributed by atoms with van der Waals surface area (Å²) in [6.45, 7) is 6.91. The van der Waals surface area contributed by atoms with Crippen LogP contribution in [0.15, 0.2) is 35.5 Å². The number of nitrogens with zero attached hydrogens (tertiary/aromatic N) is 3. The molecule has 1 aliphatic carbocycles. The second-order valence-electron chi connectivity index (χ2n) is 7.50. The molecule has 6 nitrogen and oxygen atoms in total. The van der Waals surface area contributed by atoms with Gasteiger partial charge in [0.05, 0.1) is 19.4 Å². The highest BCUT2D eigenvalue weighted by atomic mass is 16.3. The van der Waals surface area contributed by atoms with Gasteiger partial charge in [0.25, 0.3) is 5.91 Å². The zero-order valence-electron chi connectivity index (χ0n) is 15.8. The molecule has 2 aliphatic rings. The summed E-state index contributed by atoms with van der Waals surface area (Å²) in [7, 11) is 0. The third kappa shape index (κ3) is 3.86. The number of furan rings is 1. The Kier molecular flexibility index (Phi) is 5.43. The van der Waals surface area contributed by atoms with Gasteiger partial charge in [-0.25, -0.2) is 0 Å². The topological polar surface area (TPSA) is 63.3 Å². The van der Waals surface area contributed by atoms with Crippen molar-refractivity contribution in [3.63, 3.8) is 0 Å². The molecule has 1 N–H and O–H groups in total. The molecular formula is C21H28N4O2.